The van der Waals surface area contributed by atoms with E-state index in [1.54, 1.807) is 13.0 Å². The fraction of sp³-hybridized carbons (Fsp3) is 0.354. The molecule has 1 unspecified atom stereocenters. The molecule has 1 amide bonds. The largest absolute Gasteiger partial charge is 0.458 e. The first-order valence-electron chi connectivity index (χ1n) is 20.9. The molecular formula is C48H46F8N3O7+. The van der Waals surface area contributed by atoms with Gasteiger partial charge >= 0.3 is 5.97 Å². The van der Waals surface area contributed by atoms with E-state index in [1.807, 2.05) is 26.8 Å². The van der Waals surface area contributed by atoms with E-state index in [9.17, 15) is 32.3 Å². The summed E-state index contributed by atoms with van der Waals surface area (Å²) in [4.78, 5) is 27.8. The lowest BCUT2D eigenvalue weighted by Gasteiger charge is -2.35. The third-order valence-electron chi connectivity index (χ3n) is 12.1. The summed E-state index contributed by atoms with van der Waals surface area (Å²) in [6.07, 6.45) is 4.15. The second-order valence-electron chi connectivity index (χ2n) is 17.1. The first kappa shape index (κ1) is 47.8. The number of rotatable bonds is 9. The van der Waals surface area contributed by atoms with Gasteiger partial charge in [0.2, 0.25) is 28.5 Å². The van der Waals surface area contributed by atoms with Crippen molar-refractivity contribution in [3.05, 3.63) is 126 Å². The highest BCUT2D eigenvalue weighted by Gasteiger charge is 2.43. The number of allylic oxidation sites excluding steroid dienone is 2. The zero-order valence-electron chi connectivity index (χ0n) is 37.0. The predicted molar refractivity (Wildman–Crippen MR) is 226 cm³/mol. The van der Waals surface area contributed by atoms with Gasteiger partial charge in [0.05, 0.1) is 17.5 Å². The molecule has 4 aliphatic rings. The van der Waals surface area contributed by atoms with Crippen LogP contribution in [-0.4, -0.2) is 72.1 Å². The summed E-state index contributed by atoms with van der Waals surface area (Å²) in [7, 11) is 2.00. The molecule has 0 bridgehead atoms. The lowest BCUT2D eigenvalue weighted by atomic mass is 9.81. The van der Waals surface area contributed by atoms with Gasteiger partial charge in [0.15, 0.2) is 40.4 Å². The fourth-order valence-corrected chi connectivity index (χ4v) is 9.22. The smallest absolute Gasteiger partial charge is 0.313 e. The summed E-state index contributed by atoms with van der Waals surface area (Å²) in [5.74, 6) is -22.3. The van der Waals surface area contributed by atoms with Crippen molar-refractivity contribution in [2.45, 2.75) is 78.0 Å². The van der Waals surface area contributed by atoms with Crippen molar-refractivity contribution in [2.24, 2.45) is 5.73 Å². The van der Waals surface area contributed by atoms with Crippen molar-refractivity contribution < 1.29 is 69.1 Å². The van der Waals surface area contributed by atoms with Crippen molar-refractivity contribution >= 4 is 28.6 Å². The number of fused-ring (bicyclic) bond motifs is 4. The minimum absolute atomic E-state index is 0.0321. The molecule has 66 heavy (non-hydrogen) atoms. The van der Waals surface area contributed by atoms with E-state index >= 15 is 17.6 Å². The van der Waals surface area contributed by atoms with E-state index in [2.05, 4.69) is 9.31 Å². The van der Waals surface area contributed by atoms with Crippen LogP contribution in [0.25, 0.3) is 16.7 Å². The fourth-order valence-electron chi connectivity index (χ4n) is 9.22. The number of aliphatic hydroxyl groups excluding tert-OH is 1. The van der Waals surface area contributed by atoms with Gasteiger partial charge in [0.1, 0.15) is 23.8 Å². The maximum Gasteiger partial charge on any atom is 0.313 e. The minimum atomic E-state index is -2.31. The van der Waals surface area contributed by atoms with Gasteiger partial charge in [-0.3, -0.25) is 9.59 Å². The molecule has 0 fully saturated rings. The monoisotopic (exact) mass is 928 g/mol. The van der Waals surface area contributed by atoms with Crippen molar-refractivity contribution in [1.82, 2.24) is 9.48 Å². The minimum Gasteiger partial charge on any atom is -0.458 e. The molecular weight excluding hydrogens is 883 g/mol. The number of esters is 1. The Morgan fingerprint density at radius 2 is 1.47 bits per heavy atom. The van der Waals surface area contributed by atoms with Gasteiger partial charge in [-0.15, -0.1) is 0 Å². The van der Waals surface area contributed by atoms with Crippen LogP contribution in [0.2, 0.25) is 0 Å². The molecule has 350 valence electrons. The number of amides is 1. The SMILES string of the molecule is CC1=CC(C)(O)Oc2c1cc1c(c2CCCN)Oc2c3c4c(cc2=C1c1c(F)c(F)c(F)c(F)c1C(=O)N(C)CCC(=O)Oc1c(F)c(F)cc(F)c1F)C(C)=CC(C)(C)[N+]=4CCC3.CO. The number of carbonyl (C=O) groups excluding carboxylic acids is 2. The highest BCUT2D eigenvalue weighted by molar-refractivity contribution is 6.03. The highest BCUT2D eigenvalue weighted by Crippen LogP contribution is 2.51. The number of benzene rings is 4. The number of aliphatic hydroxyl groups is 2. The van der Waals surface area contributed by atoms with Crippen molar-refractivity contribution in [1.29, 1.82) is 0 Å². The molecule has 18 heteroatoms. The predicted octanol–water partition coefficient (Wildman–Crippen LogP) is 6.86. The Labute approximate surface area is 373 Å². The van der Waals surface area contributed by atoms with Crippen LogP contribution < -0.4 is 35.1 Å². The molecule has 0 spiro atoms. The summed E-state index contributed by atoms with van der Waals surface area (Å²) < 4.78 is 141. The number of nitrogens with zero attached hydrogens (tertiary/aromatic N) is 2. The molecule has 10 nitrogen and oxygen atoms in total. The summed E-state index contributed by atoms with van der Waals surface area (Å²) in [5.41, 5.74) is 6.44. The first-order chi connectivity index (χ1) is 31.1. The summed E-state index contributed by atoms with van der Waals surface area (Å²) in [6, 6.07) is 3.09. The molecule has 4 aromatic rings. The standard InChI is InChI=1S/C47H42F8N3O6.CH4O/c1-20-18-46(3,4)58-13-8-10-22-40(58)24(20)15-26-31(27-16-25-21(2)19-47(5,61)64-43(25)23(9-7-12-56)42(27)63-41(22)26)32-33(37(53)39(55)38(54)36(32)52)45(60)57(6)14-11-30(59)62-44-34(50)28(48)17-29(49)35(44)51;1-2/h15-19,61H,7-14,56H2,1-6H3;2H,1H3/q+1;. The van der Waals surface area contributed by atoms with Crippen LogP contribution in [0.3, 0.4) is 0 Å². The van der Waals surface area contributed by atoms with Gasteiger partial charge in [-0.2, -0.15) is 8.78 Å². The van der Waals surface area contributed by atoms with E-state index in [0.717, 1.165) is 25.1 Å². The third kappa shape index (κ3) is 7.91. The van der Waals surface area contributed by atoms with Gasteiger partial charge < -0.3 is 35.1 Å². The third-order valence-corrected chi connectivity index (χ3v) is 12.1. The van der Waals surface area contributed by atoms with Crippen LogP contribution >= 0.6 is 0 Å². The molecule has 4 aromatic carbocycles. The summed E-state index contributed by atoms with van der Waals surface area (Å²) in [5, 5.41) is 19.1. The van der Waals surface area contributed by atoms with E-state index in [0.29, 0.717) is 58.5 Å². The van der Waals surface area contributed by atoms with Gasteiger partial charge in [0.25, 0.3) is 5.91 Å². The first-order valence-corrected chi connectivity index (χ1v) is 20.9. The Bertz CT molecular complexity index is 2940. The molecule has 4 aliphatic heterocycles. The Morgan fingerprint density at radius 1 is 0.833 bits per heavy atom. The molecule has 8 rings (SSSR count). The van der Waals surface area contributed by atoms with E-state index in [-0.39, 0.29) is 52.6 Å². The summed E-state index contributed by atoms with van der Waals surface area (Å²) >= 11 is 0. The van der Waals surface area contributed by atoms with Gasteiger partial charge in [-0.05, 0) is 75.1 Å². The Kier molecular flexibility index (Phi) is 12.8. The van der Waals surface area contributed by atoms with Crippen LogP contribution in [0.1, 0.15) is 97.6 Å². The molecule has 1 atom stereocenters. The second kappa shape index (κ2) is 17.6. The topological polar surface area (TPSA) is 135 Å². The second-order valence-corrected chi connectivity index (χ2v) is 17.1. The number of carbonyl (C=O) groups is 2. The van der Waals surface area contributed by atoms with Crippen molar-refractivity contribution in [3.8, 4) is 23.0 Å². The molecule has 0 saturated heterocycles. The normalized spacial score (nSPS) is 17.4. The summed E-state index contributed by atoms with van der Waals surface area (Å²) in [6.45, 7) is 9.16. The molecule has 0 radical (unpaired) electrons. The molecule has 0 saturated carbocycles. The maximum atomic E-state index is 17.1. The van der Waals surface area contributed by atoms with Crippen LogP contribution in [0.4, 0.5) is 35.1 Å². The zero-order chi connectivity index (χ0) is 48.5. The van der Waals surface area contributed by atoms with Gasteiger partial charge in [-0.25, -0.2) is 30.9 Å². The molecule has 4 N–H and O–H groups in total. The van der Waals surface area contributed by atoms with Gasteiger partial charge in [0, 0.05) is 92.6 Å². The number of ether oxygens (including phenoxy) is 3. The number of hydrogen-bond donors (Lipinski definition) is 3. The lowest BCUT2D eigenvalue weighted by Crippen LogP contribution is -2.53. The number of halogens is 8. The molecule has 4 heterocycles. The van der Waals surface area contributed by atoms with Crippen molar-refractivity contribution in [2.75, 3.05) is 33.8 Å². The van der Waals surface area contributed by atoms with Crippen molar-refractivity contribution in [3.63, 3.8) is 0 Å². The average molecular weight is 929 g/mol. The van der Waals surface area contributed by atoms with Crippen LogP contribution in [-0.2, 0) is 17.6 Å². The average Bonchev–Trinajstić information content (AvgIpc) is 3.27. The van der Waals surface area contributed by atoms with E-state index < -0.39 is 99.6 Å². The van der Waals surface area contributed by atoms with Crippen LogP contribution in [0.5, 0.6) is 23.0 Å². The Balaban J connectivity index is 0.00000320. The van der Waals surface area contributed by atoms with Crippen LogP contribution in [0, 0.1) is 46.5 Å². The van der Waals surface area contributed by atoms with Gasteiger partial charge in [-0.1, -0.05) is 0 Å². The van der Waals surface area contributed by atoms with E-state index in [4.69, 9.17) is 20.3 Å². The molecule has 0 aromatic heterocycles. The highest BCUT2D eigenvalue weighted by atomic mass is 19.2. The zero-order valence-corrected chi connectivity index (χ0v) is 37.0. The Hall–Kier alpha value is -6.11. The maximum absolute atomic E-state index is 17.1. The van der Waals surface area contributed by atoms with E-state index in [1.165, 1.54) is 19.1 Å². The number of hydrogen-bond acceptors (Lipinski definition) is 8. The number of nitrogens with two attached hydrogens (primary N) is 1. The van der Waals surface area contributed by atoms with Crippen LogP contribution in [0.15, 0.2) is 30.4 Å². The Morgan fingerprint density at radius 3 is 2.12 bits per heavy atom. The lowest BCUT2D eigenvalue weighted by molar-refractivity contribution is -0.135. The quantitative estimate of drug-likeness (QED) is 0.0365. The molecule has 0 aliphatic carbocycles.